The Balaban J connectivity index is 1.34. The number of piperazine rings is 1. The van der Waals surface area contributed by atoms with E-state index in [-0.39, 0.29) is 0 Å². The van der Waals surface area contributed by atoms with Crippen molar-refractivity contribution in [3.05, 3.63) is 72.6 Å². The summed E-state index contributed by atoms with van der Waals surface area (Å²) in [6.07, 6.45) is 9.20. The lowest BCUT2D eigenvalue weighted by atomic mass is 10.1. The van der Waals surface area contributed by atoms with Crippen molar-refractivity contribution in [1.29, 1.82) is 0 Å². The van der Waals surface area contributed by atoms with Crippen LogP contribution in [0.15, 0.2) is 66.4 Å². The number of hydrogen-bond acceptors (Lipinski definition) is 5. The molecule has 3 heterocycles. The van der Waals surface area contributed by atoms with Gasteiger partial charge in [-0.05, 0) is 24.1 Å². The molecule has 0 radical (unpaired) electrons. The van der Waals surface area contributed by atoms with Crippen LogP contribution in [-0.2, 0) is 13.1 Å². The average Bonchev–Trinajstić information content (AvgIpc) is 3.31. The maximum Gasteiger partial charge on any atom is 0.225 e. The number of imidazole rings is 1. The number of nitrogens with one attached hydrogen (secondary N) is 1. The Hall–Kier alpha value is -3.42. The highest BCUT2D eigenvalue weighted by Crippen LogP contribution is 2.11. The second-order valence-corrected chi connectivity index (χ2v) is 7.24. The maximum atomic E-state index is 4.88. The van der Waals surface area contributed by atoms with Crippen LogP contribution in [0, 0.1) is 0 Å². The summed E-state index contributed by atoms with van der Waals surface area (Å²) in [5.74, 6) is 1.77. The number of anilines is 1. The van der Waals surface area contributed by atoms with E-state index in [2.05, 4.69) is 65.8 Å². The average molecular weight is 405 g/mol. The summed E-state index contributed by atoms with van der Waals surface area (Å²) >= 11 is 0. The molecule has 8 nitrogen and oxygen atoms in total. The summed E-state index contributed by atoms with van der Waals surface area (Å²) in [4.78, 5) is 22.2. The van der Waals surface area contributed by atoms with Gasteiger partial charge in [-0.2, -0.15) is 0 Å². The van der Waals surface area contributed by atoms with Crippen LogP contribution in [0.4, 0.5) is 5.95 Å². The number of benzene rings is 1. The third-order valence-electron chi connectivity index (χ3n) is 5.11. The number of hydrogen-bond donors (Lipinski definition) is 1. The van der Waals surface area contributed by atoms with Gasteiger partial charge in [0.2, 0.25) is 5.95 Å². The normalized spacial score (nSPS) is 14.8. The fourth-order valence-corrected chi connectivity index (χ4v) is 3.51. The van der Waals surface area contributed by atoms with E-state index in [0.29, 0.717) is 6.54 Å². The molecule has 156 valence electrons. The molecule has 0 aliphatic carbocycles. The highest BCUT2D eigenvalue weighted by atomic mass is 15.4. The minimum Gasteiger partial charge on any atom is -0.357 e. The van der Waals surface area contributed by atoms with Gasteiger partial charge in [0, 0.05) is 64.1 Å². The van der Waals surface area contributed by atoms with E-state index in [4.69, 9.17) is 4.99 Å². The van der Waals surface area contributed by atoms with Crippen LogP contribution >= 0.6 is 0 Å². The summed E-state index contributed by atoms with van der Waals surface area (Å²) in [7, 11) is 0. The standard InChI is InChI=1S/C22H28N8/c1-2-24-21(29-12-14-30(15-13-29)22-25-8-3-9-26-22)27-16-19-4-6-20(7-5-19)17-28-11-10-23-18-28/h3-11,18H,2,12-17H2,1H3,(H,24,27). The first-order valence-electron chi connectivity index (χ1n) is 10.4. The largest absolute Gasteiger partial charge is 0.357 e. The molecule has 1 aliphatic rings. The summed E-state index contributed by atoms with van der Waals surface area (Å²) in [5.41, 5.74) is 2.46. The molecule has 4 rings (SSSR count). The molecule has 0 bridgehead atoms. The lowest BCUT2D eigenvalue weighted by Gasteiger charge is -2.36. The van der Waals surface area contributed by atoms with Crippen LogP contribution in [-0.4, -0.2) is 63.1 Å². The molecule has 2 aromatic heterocycles. The number of aliphatic imine (C=N–C) groups is 1. The molecule has 1 fully saturated rings. The molecule has 30 heavy (non-hydrogen) atoms. The third-order valence-corrected chi connectivity index (χ3v) is 5.11. The summed E-state index contributed by atoms with van der Waals surface area (Å²) in [5, 5.41) is 3.43. The lowest BCUT2D eigenvalue weighted by molar-refractivity contribution is 0.370. The molecular weight excluding hydrogens is 376 g/mol. The number of aromatic nitrogens is 4. The second kappa shape index (κ2) is 9.87. The van der Waals surface area contributed by atoms with Gasteiger partial charge in [-0.1, -0.05) is 24.3 Å². The van der Waals surface area contributed by atoms with Crippen molar-refractivity contribution < 1.29 is 0 Å². The van der Waals surface area contributed by atoms with Gasteiger partial charge < -0.3 is 19.7 Å². The van der Waals surface area contributed by atoms with Crippen LogP contribution in [0.25, 0.3) is 0 Å². The predicted molar refractivity (Wildman–Crippen MR) is 118 cm³/mol. The van der Waals surface area contributed by atoms with Gasteiger partial charge in [-0.25, -0.2) is 19.9 Å². The summed E-state index contributed by atoms with van der Waals surface area (Å²) in [6.45, 7) is 8.02. The van der Waals surface area contributed by atoms with E-state index in [0.717, 1.165) is 51.2 Å². The predicted octanol–water partition coefficient (Wildman–Crippen LogP) is 2.01. The second-order valence-electron chi connectivity index (χ2n) is 7.24. The lowest BCUT2D eigenvalue weighted by Crippen LogP contribution is -2.52. The Labute approximate surface area is 177 Å². The molecule has 0 atom stereocenters. The Bertz CT molecular complexity index is 914. The van der Waals surface area contributed by atoms with E-state index in [1.54, 1.807) is 18.6 Å². The quantitative estimate of drug-likeness (QED) is 0.500. The minimum absolute atomic E-state index is 0.662. The first kappa shape index (κ1) is 19.9. The Kier molecular flexibility index (Phi) is 6.54. The van der Waals surface area contributed by atoms with E-state index >= 15 is 0 Å². The van der Waals surface area contributed by atoms with Crippen molar-refractivity contribution in [3.63, 3.8) is 0 Å². The molecule has 0 spiro atoms. The Morgan fingerprint density at radius 1 is 1.00 bits per heavy atom. The molecule has 1 aromatic carbocycles. The fraction of sp³-hybridized carbons (Fsp3) is 0.364. The number of rotatable bonds is 6. The van der Waals surface area contributed by atoms with Crippen LogP contribution in [0.5, 0.6) is 0 Å². The van der Waals surface area contributed by atoms with Crippen molar-refractivity contribution in [2.45, 2.75) is 20.0 Å². The Morgan fingerprint density at radius 2 is 1.73 bits per heavy atom. The molecule has 8 heteroatoms. The van der Waals surface area contributed by atoms with E-state index in [9.17, 15) is 0 Å². The summed E-state index contributed by atoms with van der Waals surface area (Å²) < 4.78 is 2.07. The SMILES string of the molecule is CCNC(=NCc1ccc(Cn2ccnc2)cc1)N1CCN(c2ncccn2)CC1. The van der Waals surface area contributed by atoms with Crippen LogP contribution in [0.3, 0.4) is 0 Å². The van der Waals surface area contributed by atoms with Crippen molar-refractivity contribution in [2.75, 3.05) is 37.6 Å². The van der Waals surface area contributed by atoms with Gasteiger partial charge in [-0.15, -0.1) is 0 Å². The van der Waals surface area contributed by atoms with Crippen LogP contribution in [0.1, 0.15) is 18.1 Å². The molecule has 0 saturated carbocycles. The van der Waals surface area contributed by atoms with Crippen molar-refractivity contribution in [1.82, 2.24) is 29.7 Å². The third kappa shape index (κ3) is 5.14. The monoisotopic (exact) mass is 404 g/mol. The molecule has 1 N–H and O–H groups in total. The molecule has 0 amide bonds. The highest BCUT2D eigenvalue weighted by Gasteiger charge is 2.21. The maximum absolute atomic E-state index is 4.88. The first-order chi connectivity index (χ1) is 14.8. The van der Waals surface area contributed by atoms with E-state index in [1.165, 1.54) is 11.1 Å². The zero-order valence-electron chi connectivity index (χ0n) is 17.4. The van der Waals surface area contributed by atoms with Gasteiger partial charge in [0.25, 0.3) is 0 Å². The minimum atomic E-state index is 0.662. The van der Waals surface area contributed by atoms with Gasteiger partial charge in [0.1, 0.15) is 0 Å². The van der Waals surface area contributed by atoms with Crippen molar-refractivity contribution in [2.24, 2.45) is 4.99 Å². The molecule has 1 aliphatic heterocycles. The number of nitrogens with zero attached hydrogens (tertiary/aromatic N) is 7. The van der Waals surface area contributed by atoms with E-state index in [1.807, 2.05) is 18.6 Å². The van der Waals surface area contributed by atoms with Crippen LogP contribution < -0.4 is 10.2 Å². The smallest absolute Gasteiger partial charge is 0.225 e. The van der Waals surface area contributed by atoms with Crippen molar-refractivity contribution in [3.8, 4) is 0 Å². The summed E-state index contributed by atoms with van der Waals surface area (Å²) in [6, 6.07) is 10.5. The topological polar surface area (TPSA) is 74.5 Å². The van der Waals surface area contributed by atoms with Crippen LogP contribution in [0.2, 0.25) is 0 Å². The van der Waals surface area contributed by atoms with Gasteiger partial charge >= 0.3 is 0 Å². The first-order valence-corrected chi connectivity index (χ1v) is 10.4. The van der Waals surface area contributed by atoms with Crippen molar-refractivity contribution >= 4 is 11.9 Å². The van der Waals surface area contributed by atoms with Gasteiger partial charge in [-0.3, -0.25) is 0 Å². The molecule has 0 unspecified atom stereocenters. The van der Waals surface area contributed by atoms with Gasteiger partial charge in [0.15, 0.2) is 5.96 Å². The molecular formula is C22H28N8. The zero-order chi connectivity index (χ0) is 20.6. The zero-order valence-corrected chi connectivity index (χ0v) is 17.4. The van der Waals surface area contributed by atoms with Gasteiger partial charge in [0.05, 0.1) is 12.9 Å². The molecule has 3 aromatic rings. The Morgan fingerprint density at radius 3 is 2.40 bits per heavy atom. The molecule has 1 saturated heterocycles. The fourth-order valence-electron chi connectivity index (χ4n) is 3.51. The number of guanidine groups is 1. The van der Waals surface area contributed by atoms with E-state index < -0.39 is 0 Å². The highest BCUT2D eigenvalue weighted by molar-refractivity contribution is 5.80.